The first kappa shape index (κ1) is 20.7. The van der Waals surface area contributed by atoms with Crippen LogP contribution in [0.3, 0.4) is 0 Å². The smallest absolute Gasteiger partial charge is 0.179 e. The zero-order valence-electron chi connectivity index (χ0n) is 16.7. The Hall–Kier alpha value is -2.07. The fourth-order valence-electron chi connectivity index (χ4n) is 4.32. The van der Waals surface area contributed by atoms with Crippen LogP contribution in [0.2, 0.25) is 0 Å². The Kier molecular flexibility index (Phi) is 6.95. The van der Waals surface area contributed by atoms with E-state index in [4.69, 9.17) is 0 Å². The van der Waals surface area contributed by atoms with E-state index < -0.39 is 0 Å². The van der Waals surface area contributed by atoms with Gasteiger partial charge in [-0.3, -0.25) is 4.79 Å². The molecule has 1 N–H and O–H groups in total. The van der Waals surface area contributed by atoms with Gasteiger partial charge in [-0.05, 0) is 105 Å². The summed E-state index contributed by atoms with van der Waals surface area (Å²) in [4.78, 5) is 12.6. The molecule has 0 heterocycles. The Bertz CT molecular complexity index is 795. The third kappa shape index (κ3) is 5.05. The number of aryl methyl sites for hydroxylation is 1. The second-order valence-corrected chi connectivity index (χ2v) is 7.96. The first-order valence-electron chi connectivity index (χ1n) is 10.3. The zero-order chi connectivity index (χ0) is 20.1. The molecule has 1 aliphatic rings. The maximum Gasteiger partial charge on any atom is 0.179 e. The summed E-state index contributed by atoms with van der Waals surface area (Å²) in [5.41, 5.74) is 2.86. The highest BCUT2D eigenvalue weighted by atomic mass is 19.1. The Balaban J connectivity index is 1.51. The lowest BCUT2D eigenvalue weighted by Crippen LogP contribution is -2.39. The van der Waals surface area contributed by atoms with Gasteiger partial charge in [-0.2, -0.15) is 0 Å². The maximum absolute atomic E-state index is 13.3. The summed E-state index contributed by atoms with van der Waals surface area (Å²) in [7, 11) is 0. The third-order valence-electron chi connectivity index (χ3n) is 6.02. The predicted molar refractivity (Wildman–Crippen MR) is 109 cm³/mol. The number of hydrogen-bond acceptors (Lipinski definition) is 2. The molecule has 0 spiro atoms. The number of hydrogen-bond donors (Lipinski definition) is 1. The molecule has 3 rings (SSSR count). The highest BCUT2D eigenvalue weighted by molar-refractivity contribution is 6.00. The molecule has 0 amide bonds. The highest BCUT2D eigenvalue weighted by Crippen LogP contribution is 2.37. The molecule has 1 unspecified atom stereocenters. The first-order valence-corrected chi connectivity index (χ1v) is 10.3. The molecule has 28 heavy (non-hydrogen) atoms. The van der Waals surface area contributed by atoms with Gasteiger partial charge >= 0.3 is 0 Å². The van der Waals surface area contributed by atoms with Gasteiger partial charge < -0.3 is 5.32 Å². The lowest BCUT2D eigenvalue weighted by Gasteiger charge is -2.30. The van der Waals surface area contributed by atoms with Gasteiger partial charge in [0.25, 0.3) is 0 Å². The van der Waals surface area contributed by atoms with Crippen LogP contribution in [-0.4, -0.2) is 18.4 Å². The molecule has 1 aliphatic carbocycles. The SMILES string of the molecule is CCC(NCC1CCC(c2ccc(F)cc2C)CC1)C(=O)c1ccc(F)cc1. The molecule has 0 saturated heterocycles. The molecule has 0 aromatic heterocycles. The van der Waals surface area contributed by atoms with Crippen LogP contribution in [-0.2, 0) is 0 Å². The Morgan fingerprint density at radius 2 is 1.68 bits per heavy atom. The molecule has 2 nitrogen and oxygen atoms in total. The van der Waals surface area contributed by atoms with Crippen molar-refractivity contribution in [1.29, 1.82) is 0 Å². The average Bonchev–Trinajstić information content (AvgIpc) is 2.69. The molecule has 1 atom stereocenters. The minimum atomic E-state index is -0.328. The van der Waals surface area contributed by atoms with E-state index in [-0.39, 0.29) is 23.5 Å². The molecule has 1 saturated carbocycles. The number of rotatable bonds is 7. The Morgan fingerprint density at radius 1 is 1.04 bits per heavy atom. The number of benzene rings is 2. The molecule has 0 radical (unpaired) electrons. The number of ketones is 1. The zero-order valence-corrected chi connectivity index (χ0v) is 16.7. The minimum Gasteiger partial charge on any atom is -0.307 e. The van der Waals surface area contributed by atoms with Crippen molar-refractivity contribution in [2.75, 3.05) is 6.54 Å². The third-order valence-corrected chi connectivity index (χ3v) is 6.02. The molecular weight excluding hydrogens is 356 g/mol. The lowest BCUT2D eigenvalue weighted by molar-refractivity contribution is 0.0936. The summed E-state index contributed by atoms with van der Waals surface area (Å²) in [6, 6.07) is 10.7. The van der Waals surface area contributed by atoms with Gasteiger partial charge in [0.2, 0.25) is 0 Å². The van der Waals surface area contributed by atoms with Crippen molar-refractivity contribution in [1.82, 2.24) is 5.32 Å². The number of carbonyl (C=O) groups excluding carboxylic acids is 1. The van der Waals surface area contributed by atoms with Crippen LogP contribution in [0, 0.1) is 24.5 Å². The summed E-state index contributed by atoms with van der Waals surface area (Å²) in [5, 5.41) is 3.43. The van der Waals surface area contributed by atoms with E-state index in [1.807, 2.05) is 19.9 Å². The first-order chi connectivity index (χ1) is 13.5. The lowest BCUT2D eigenvalue weighted by atomic mass is 9.77. The molecule has 150 valence electrons. The summed E-state index contributed by atoms with van der Waals surface area (Å²) >= 11 is 0. The maximum atomic E-state index is 13.3. The van der Waals surface area contributed by atoms with E-state index in [0.29, 0.717) is 23.8 Å². The van der Waals surface area contributed by atoms with Crippen molar-refractivity contribution in [2.24, 2.45) is 5.92 Å². The van der Waals surface area contributed by atoms with E-state index >= 15 is 0 Å². The van der Waals surface area contributed by atoms with Crippen molar-refractivity contribution >= 4 is 5.78 Å². The number of halogens is 2. The van der Waals surface area contributed by atoms with Crippen LogP contribution in [0.15, 0.2) is 42.5 Å². The topological polar surface area (TPSA) is 29.1 Å². The van der Waals surface area contributed by atoms with E-state index in [9.17, 15) is 13.6 Å². The number of nitrogens with one attached hydrogen (secondary N) is 1. The summed E-state index contributed by atoms with van der Waals surface area (Å²) < 4.78 is 26.4. The Morgan fingerprint density at radius 3 is 2.29 bits per heavy atom. The fourth-order valence-corrected chi connectivity index (χ4v) is 4.32. The summed E-state index contributed by atoms with van der Waals surface area (Å²) in [6.45, 7) is 4.80. The second-order valence-electron chi connectivity index (χ2n) is 7.96. The average molecular weight is 385 g/mol. The molecule has 0 aliphatic heterocycles. The van der Waals surface area contributed by atoms with Crippen LogP contribution in [0.4, 0.5) is 8.78 Å². The normalized spacial score (nSPS) is 20.7. The Labute approximate surface area is 166 Å². The van der Waals surface area contributed by atoms with Crippen molar-refractivity contribution in [2.45, 2.75) is 57.9 Å². The number of Topliss-reactive ketones (excluding diaryl/α,β-unsaturated/α-hetero) is 1. The van der Waals surface area contributed by atoms with E-state index in [1.54, 1.807) is 24.3 Å². The van der Waals surface area contributed by atoms with Gasteiger partial charge in [-0.15, -0.1) is 0 Å². The van der Waals surface area contributed by atoms with E-state index in [2.05, 4.69) is 5.32 Å². The molecule has 4 heteroatoms. The van der Waals surface area contributed by atoms with Crippen molar-refractivity contribution < 1.29 is 13.6 Å². The van der Waals surface area contributed by atoms with Gasteiger partial charge in [0.05, 0.1) is 6.04 Å². The van der Waals surface area contributed by atoms with Crippen LogP contribution in [0.25, 0.3) is 0 Å². The van der Waals surface area contributed by atoms with Crippen molar-refractivity contribution in [3.05, 3.63) is 70.8 Å². The molecule has 2 aromatic rings. The minimum absolute atomic E-state index is 0.0260. The fraction of sp³-hybridized carbons (Fsp3) is 0.458. The van der Waals surface area contributed by atoms with Gasteiger partial charge in [0, 0.05) is 5.56 Å². The van der Waals surface area contributed by atoms with Gasteiger partial charge in [-0.25, -0.2) is 8.78 Å². The van der Waals surface area contributed by atoms with Crippen molar-refractivity contribution in [3.8, 4) is 0 Å². The van der Waals surface area contributed by atoms with Gasteiger partial charge in [-0.1, -0.05) is 13.0 Å². The van der Waals surface area contributed by atoms with Crippen LogP contribution < -0.4 is 5.32 Å². The summed E-state index contributed by atoms with van der Waals surface area (Å²) in [5.74, 6) is 0.575. The summed E-state index contributed by atoms with van der Waals surface area (Å²) in [6.07, 6.45) is 5.12. The number of carbonyl (C=O) groups is 1. The standard InChI is InChI=1S/C24H29F2NO/c1-3-23(24(28)19-8-10-20(25)11-9-19)27-15-17-4-6-18(7-5-17)22-13-12-21(26)14-16(22)2/h8-14,17-18,23,27H,3-7,15H2,1-2H3. The molecular formula is C24H29F2NO. The van der Waals surface area contributed by atoms with Crippen LogP contribution >= 0.6 is 0 Å². The predicted octanol–water partition coefficient (Wildman–Crippen LogP) is 5.80. The highest BCUT2D eigenvalue weighted by Gasteiger charge is 2.25. The van der Waals surface area contributed by atoms with E-state index in [0.717, 1.165) is 37.8 Å². The van der Waals surface area contributed by atoms with Gasteiger partial charge in [0.1, 0.15) is 11.6 Å². The second kappa shape index (κ2) is 9.42. The van der Waals surface area contributed by atoms with Gasteiger partial charge in [0.15, 0.2) is 5.78 Å². The quantitative estimate of drug-likeness (QED) is 0.611. The molecule has 1 fully saturated rings. The van der Waals surface area contributed by atoms with Crippen LogP contribution in [0.1, 0.15) is 66.4 Å². The largest absolute Gasteiger partial charge is 0.307 e. The monoisotopic (exact) mass is 385 g/mol. The molecule has 2 aromatic carbocycles. The van der Waals surface area contributed by atoms with Crippen LogP contribution in [0.5, 0.6) is 0 Å². The molecule has 0 bridgehead atoms. The van der Waals surface area contributed by atoms with Crippen molar-refractivity contribution in [3.63, 3.8) is 0 Å². The van der Waals surface area contributed by atoms with E-state index in [1.165, 1.54) is 17.7 Å².